The SMILES string of the molecule is CCC(C)C(NC(=O)c1ccc(-c2ccccc2)cc1)C(=O)N1CCN(C(=O)C2CCCCC2)CC1. The molecule has 2 aliphatic rings. The fourth-order valence-electron chi connectivity index (χ4n) is 5.30. The van der Waals surface area contributed by atoms with Crippen LogP contribution in [0.1, 0.15) is 62.7 Å². The second-order valence-electron chi connectivity index (χ2n) is 10.3. The molecule has 1 saturated heterocycles. The van der Waals surface area contributed by atoms with E-state index in [0.717, 1.165) is 43.2 Å². The molecular weight excluding hydrogens is 450 g/mol. The molecular formula is C30H39N3O3. The number of nitrogens with zero attached hydrogens (tertiary/aromatic N) is 2. The fourth-order valence-corrected chi connectivity index (χ4v) is 5.30. The first-order valence-corrected chi connectivity index (χ1v) is 13.5. The van der Waals surface area contributed by atoms with Gasteiger partial charge >= 0.3 is 0 Å². The number of hydrogen-bond donors (Lipinski definition) is 1. The van der Waals surface area contributed by atoms with Gasteiger partial charge in [-0.15, -0.1) is 0 Å². The Balaban J connectivity index is 1.36. The Labute approximate surface area is 215 Å². The lowest BCUT2D eigenvalue weighted by molar-refractivity contribution is -0.144. The Morgan fingerprint density at radius 1 is 0.833 bits per heavy atom. The smallest absolute Gasteiger partial charge is 0.251 e. The van der Waals surface area contributed by atoms with Crippen LogP contribution in [0.4, 0.5) is 0 Å². The maximum absolute atomic E-state index is 13.5. The van der Waals surface area contributed by atoms with Crippen LogP contribution < -0.4 is 5.32 Å². The van der Waals surface area contributed by atoms with Gasteiger partial charge in [-0.05, 0) is 42.0 Å². The highest BCUT2D eigenvalue weighted by atomic mass is 16.2. The van der Waals surface area contributed by atoms with Crippen molar-refractivity contribution in [2.45, 2.75) is 58.4 Å². The summed E-state index contributed by atoms with van der Waals surface area (Å²) >= 11 is 0. The molecule has 1 aliphatic heterocycles. The predicted molar refractivity (Wildman–Crippen MR) is 142 cm³/mol. The maximum atomic E-state index is 13.5. The van der Waals surface area contributed by atoms with Gasteiger partial charge in [-0.25, -0.2) is 0 Å². The summed E-state index contributed by atoms with van der Waals surface area (Å²) in [6, 6.07) is 16.9. The molecule has 1 N–H and O–H groups in total. The van der Waals surface area contributed by atoms with Crippen molar-refractivity contribution in [2.75, 3.05) is 26.2 Å². The zero-order chi connectivity index (χ0) is 25.5. The highest BCUT2D eigenvalue weighted by Gasteiger charge is 2.34. The summed E-state index contributed by atoms with van der Waals surface area (Å²) in [5, 5.41) is 3.02. The molecule has 0 aromatic heterocycles. The molecule has 6 heteroatoms. The van der Waals surface area contributed by atoms with Crippen LogP contribution in [-0.4, -0.2) is 59.7 Å². The van der Waals surface area contributed by atoms with Gasteiger partial charge < -0.3 is 15.1 Å². The van der Waals surface area contributed by atoms with Gasteiger partial charge in [-0.3, -0.25) is 14.4 Å². The van der Waals surface area contributed by atoms with Crippen LogP contribution in [0.15, 0.2) is 54.6 Å². The Bertz CT molecular complexity index is 1020. The van der Waals surface area contributed by atoms with Gasteiger partial charge in [0.15, 0.2) is 0 Å². The first-order valence-electron chi connectivity index (χ1n) is 13.5. The summed E-state index contributed by atoms with van der Waals surface area (Å²) in [6.07, 6.45) is 6.27. The van der Waals surface area contributed by atoms with E-state index in [9.17, 15) is 14.4 Å². The largest absolute Gasteiger partial charge is 0.340 e. The summed E-state index contributed by atoms with van der Waals surface area (Å²) < 4.78 is 0. The van der Waals surface area contributed by atoms with Crippen LogP contribution >= 0.6 is 0 Å². The molecule has 2 unspecified atom stereocenters. The second-order valence-corrected chi connectivity index (χ2v) is 10.3. The third kappa shape index (κ3) is 6.15. The van der Waals surface area contributed by atoms with Gasteiger partial charge in [-0.2, -0.15) is 0 Å². The molecule has 2 aromatic carbocycles. The Morgan fingerprint density at radius 2 is 1.42 bits per heavy atom. The number of carbonyl (C=O) groups is 3. The van der Waals surface area contributed by atoms with Crippen molar-refractivity contribution in [3.63, 3.8) is 0 Å². The summed E-state index contributed by atoms with van der Waals surface area (Å²) in [5.41, 5.74) is 2.68. The molecule has 1 aliphatic carbocycles. The van der Waals surface area contributed by atoms with Crippen molar-refractivity contribution in [3.05, 3.63) is 60.2 Å². The van der Waals surface area contributed by atoms with Crippen LogP contribution in [0.3, 0.4) is 0 Å². The number of rotatable bonds is 7. The van der Waals surface area contributed by atoms with Crippen molar-refractivity contribution in [2.24, 2.45) is 11.8 Å². The summed E-state index contributed by atoms with van der Waals surface area (Å²) in [7, 11) is 0. The van der Waals surface area contributed by atoms with E-state index in [1.807, 2.05) is 78.2 Å². The molecule has 6 nitrogen and oxygen atoms in total. The maximum Gasteiger partial charge on any atom is 0.251 e. The first-order chi connectivity index (χ1) is 17.5. The van der Waals surface area contributed by atoms with E-state index in [4.69, 9.17) is 0 Å². The highest BCUT2D eigenvalue weighted by molar-refractivity contribution is 5.98. The Hall–Kier alpha value is -3.15. The van der Waals surface area contributed by atoms with E-state index in [1.165, 1.54) is 6.42 Å². The van der Waals surface area contributed by atoms with Crippen LogP contribution in [-0.2, 0) is 9.59 Å². The number of carbonyl (C=O) groups excluding carboxylic acids is 3. The number of benzene rings is 2. The second kappa shape index (κ2) is 12.2. The highest BCUT2D eigenvalue weighted by Crippen LogP contribution is 2.26. The number of nitrogens with one attached hydrogen (secondary N) is 1. The van der Waals surface area contributed by atoms with E-state index in [0.29, 0.717) is 31.7 Å². The van der Waals surface area contributed by atoms with Crippen molar-refractivity contribution in [1.29, 1.82) is 0 Å². The molecule has 3 amide bonds. The lowest BCUT2D eigenvalue weighted by Gasteiger charge is -2.39. The number of piperazine rings is 1. The molecule has 0 bridgehead atoms. The molecule has 1 heterocycles. The third-order valence-electron chi connectivity index (χ3n) is 7.88. The van der Waals surface area contributed by atoms with E-state index < -0.39 is 6.04 Å². The topological polar surface area (TPSA) is 69.7 Å². The van der Waals surface area contributed by atoms with Crippen molar-refractivity contribution in [3.8, 4) is 11.1 Å². The van der Waals surface area contributed by atoms with Gasteiger partial charge in [-0.1, -0.05) is 82.0 Å². The lowest BCUT2D eigenvalue weighted by atomic mass is 9.88. The first kappa shape index (κ1) is 25.9. The quantitative estimate of drug-likeness (QED) is 0.610. The van der Waals surface area contributed by atoms with Gasteiger partial charge in [0.1, 0.15) is 6.04 Å². The van der Waals surface area contributed by atoms with Gasteiger partial charge in [0.05, 0.1) is 0 Å². The minimum Gasteiger partial charge on any atom is -0.340 e. The molecule has 0 spiro atoms. The van der Waals surface area contributed by atoms with E-state index in [1.54, 1.807) is 0 Å². The molecule has 2 aromatic rings. The molecule has 192 valence electrons. The average Bonchev–Trinajstić information content (AvgIpc) is 2.95. The molecule has 4 rings (SSSR count). The third-order valence-corrected chi connectivity index (χ3v) is 7.88. The fraction of sp³-hybridized carbons (Fsp3) is 0.500. The molecule has 2 atom stereocenters. The van der Waals surface area contributed by atoms with Crippen molar-refractivity contribution >= 4 is 17.7 Å². The monoisotopic (exact) mass is 489 g/mol. The zero-order valence-corrected chi connectivity index (χ0v) is 21.6. The Kier molecular flexibility index (Phi) is 8.79. The standard InChI is InChI=1S/C30H39N3O3/c1-3-22(2)27(31-28(34)25-16-14-24(15-17-25)23-10-6-4-7-11-23)30(36)33-20-18-32(19-21-33)29(35)26-12-8-5-9-13-26/h4,6-7,10-11,14-17,22,26-27H,3,5,8-9,12-13,18-21H2,1-2H3,(H,31,34). The van der Waals surface area contributed by atoms with Crippen molar-refractivity contribution < 1.29 is 14.4 Å². The van der Waals surface area contributed by atoms with E-state index in [2.05, 4.69) is 5.32 Å². The average molecular weight is 490 g/mol. The predicted octanol–water partition coefficient (Wildman–Crippen LogP) is 4.75. The molecule has 0 radical (unpaired) electrons. The number of hydrogen-bond acceptors (Lipinski definition) is 3. The van der Waals surface area contributed by atoms with Gasteiger partial charge in [0.2, 0.25) is 11.8 Å². The van der Waals surface area contributed by atoms with Crippen LogP contribution in [0.2, 0.25) is 0 Å². The normalized spacial score (nSPS) is 18.4. The Morgan fingerprint density at radius 3 is 2.03 bits per heavy atom. The molecule has 1 saturated carbocycles. The van der Waals surface area contributed by atoms with Gasteiger partial charge in [0, 0.05) is 37.7 Å². The summed E-state index contributed by atoms with van der Waals surface area (Å²) in [5.74, 6) is 0.128. The summed E-state index contributed by atoms with van der Waals surface area (Å²) in [6.45, 7) is 6.22. The lowest BCUT2D eigenvalue weighted by Crippen LogP contribution is -2.58. The van der Waals surface area contributed by atoms with Gasteiger partial charge in [0.25, 0.3) is 5.91 Å². The minimum atomic E-state index is -0.586. The van der Waals surface area contributed by atoms with Crippen LogP contribution in [0.25, 0.3) is 11.1 Å². The van der Waals surface area contributed by atoms with E-state index in [-0.39, 0.29) is 29.6 Å². The summed E-state index contributed by atoms with van der Waals surface area (Å²) in [4.78, 5) is 43.2. The van der Waals surface area contributed by atoms with Crippen LogP contribution in [0, 0.1) is 11.8 Å². The van der Waals surface area contributed by atoms with Crippen LogP contribution in [0.5, 0.6) is 0 Å². The van der Waals surface area contributed by atoms with E-state index >= 15 is 0 Å². The minimum absolute atomic E-state index is 0.00643. The molecule has 36 heavy (non-hydrogen) atoms. The van der Waals surface area contributed by atoms with Crippen molar-refractivity contribution in [1.82, 2.24) is 15.1 Å². The molecule has 2 fully saturated rings. The zero-order valence-electron chi connectivity index (χ0n) is 21.6. The number of amides is 3.